The molecular weight excluding hydrogens is 331 g/mol. The van der Waals surface area contributed by atoms with E-state index in [-0.39, 0.29) is 5.65 Å². The zero-order valence-corrected chi connectivity index (χ0v) is 12.2. The van der Waals surface area contributed by atoms with E-state index in [0.29, 0.717) is 18.1 Å². The Morgan fingerprint density at radius 1 is 0.870 bits per heavy atom. The monoisotopic (exact) mass is 343 g/mol. The van der Waals surface area contributed by atoms with Crippen molar-refractivity contribution in [2.45, 2.75) is 44.2 Å². The average Bonchev–Trinajstić information content (AvgIpc) is 2.77. The van der Waals surface area contributed by atoms with Gasteiger partial charge in [0.15, 0.2) is 0 Å². The third kappa shape index (κ3) is 2.74. The molecule has 0 radical (unpaired) electrons. The average molecular weight is 343 g/mol. The van der Waals surface area contributed by atoms with E-state index in [1.165, 1.54) is 6.20 Å². The number of halogens is 7. The lowest BCUT2D eigenvalue weighted by Gasteiger charge is -2.29. The molecule has 0 fully saturated rings. The van der Waals surface area contributed by atoms with E-state index in [0.717, 1.165) is 4.40 Å². The van der Waals surface area contributed by atoms with Crippen LogP contribution in [0.3, 0.4) is 0 Å². The van der Waals surface area contributed by atoms with Crippen LogP contribution in [0.2, 0.25) is 0 Å². The lowest BCUT2D eigenvalue weighted by Crippen LogP contribution is -2.51. The first kappa shape index (κ1) is 17.5. The number of hydrogen-bond acceptors (Lipinski definition) is 2. The molecule has 10 heteroatoms. The highest BCUT2D eigenvalue weighted by atomic mass is 19.4. The van der Waals surface area contributed by atoms with Crippen LogP contribution in [0.4, 0.5) is 30.7 Å². The Bertz CT molecular complexity index is 708. The van der Waals surface area contributed by atoms with E-state index in [4.69, 9.17) is 0 Å². The van der Waals surface area contributed by atoms with Crippen molar-refractivity contribution >= 4 is 5.65 Å². The Kier molecular flexibility index (Phi) is 3.66. The van der Waals surface area contributed by atoms with Gasteiger partial charge in [0.25, 0.3) is 0 Å². The fourth-order valence-electron chi connectivity index (χ4n) is 1.89. The molecular formula is C13H12F7N3. The number of hydrogen-bond donors (Lipinski definition) is 0. The number of nitrogens with zero attached hydrogens (tertiary/aromatic N) is 3. The lowest BCUT2D eigenvalue weighted by molar-refractivity contribution is -0.350. The highest BCUT2D eigenvalue weighted by Crippen LogP contribution is 2.52. The fourth-order valence-corrected chi connectivity index (χ4v) is 1.89. The Morgan fingerprint density at radius 2 is 1.39 bits per heavy atom. The van der Waals surface area contributed by atoms with Gasteiger partial charge in [-0.2, -0.15) is 26.3 Å². The number of alkyl halides is 7. The summed E-state index contributed by atoms with van der Waals surface area (Å²) in [7, 11) is 0. The maximum Gasteiger partial charge on any atom is 0.437 e. The van der Waals surface area contributed by atoms with E-state index >= 15 is 0 Å². The Labute approximate surface area is 126 Å². The summed E-state index contributed by atoms with van der Waals surface area (Å²) in [5.74, 6) is 0. The third-order valence-electron chi connectivity index (χ3n) is 3.25. The van der Waals surface area contributed by atoms with Crippen molar-refractivity contribution in [1.82, 2.24) is 14.4 Å². The summed E-state index contributed by atoms with van der Waals surface area (Å²) < 4.78 is 91.4. The van der Waals surface area contributed by atoms with E-state index in [2.05, 4.69) is 9.97 Å². The fraction of sp³-hybridized carbons (Fsp3) is 0.538. The maximum atomic E-state index is 14.0. The minimum Gasteiger partial charge on any atom is -0.290 e. The lowest BCUT2D eigenvalue weighted by atomic mass is 9.93. The van der Waals surface area contributed by atoms with Crippen molar-refractivity contribution in [2.24, 2.45) is 0 Å². The van der Waals surface area contributed by atoms with Crippen LogP contribution < -0.4 is 0 Å². The van der Waals surface area contributed by atoms with Gasteiger partial charge in [0.05, 0.1) is 5.69 Å². The molecule has 0 amide bonds. The molecule has 0 aliphatic carbocycles. The first-order chi connectivity index (χ1) is 10.2. The van der Waals surface area contributed by atoms with Gasteiger partial charge < -0.3 is 0 Å². The maximum absolute atomic E-state index is 14.0. The van der Waals surface area contributed by atoms with Gasteiger partial charge >= 0.3 is 18.0 Å². The van der Waals surface area contributed by atoms with Crippen LogP contribution in [0, 0.1) is 0 Å². The zero-order valence-electron chi connectivity index (χ0n) is 12.2. The standard InChI is InChI=1S/C13H12F7N3/c1-10(2,3)8-5-23-6-21-7(4-9(23)22-8)11(14,12(15,16)17)13(18,19)20/h4-6H,1-3H3. The second-order valence-corrected chi connectivity index (χ2v) is 6.07. The first-order valence-corrected chi connectivity index (χ1v) is 6.36. The van der Waals surface area contributed by atoms with E-state index in [1.807, 2.05) is 0 Å². The molecule has 0 unspecified atom stereocenters. The topological polar surface area (TPSA) is 30.2 Å². The Hall–Kier alpha value is -1.87. The molecule has 23 heavy (non-hydrogen) atoms. The van der Waals surface area contributed by atoms with Crippen molar-refractivity contribution in [3.8, 4) is 0 Å². The summed E-state index contributed by atoms with van der Waals surface area (Å²) >= 11 is 0. The summed E-state index contributed by atoms with van der Waals surface area (Å²) in [5.41, 5.74) is -7.69. The van der Waals surface area contributed by atoms with Crippen molar-refractivity contribution in [1.29, 1.82) is 0 Å². The summed E-state index contributed by atoms with van der Waals surface area (Å²) in [5, 5.41) is 0. The largest absolute Gasteiger partial charge is 0.437 e. The van der Waals surface area contributed by atoms with Gasteiger partial charge in [-0.1, -0.05) is 20.8 Å². The highest BCUT2D eigenvalue weighted by molar-refractivity contribution is 5.43. The quantitative estimate of drug-likeness (QED) is 0.722. The Morgan fingerprint density at radius 3 is 1.83 bits per heavy atom. The van der Waals surface area contributed by atoms with Crippen LogP contribution in [0.1, 0.15) is 32.2 Å². The van der Waals surface area contributed by atoms with Gasteiger partial charge in [-0.05, 0) is 0 Å². The first-order valence-electron chi connectivity index (χ1n) is 6.36. The smallest absolute Gasteiger partial charge is 0.290 e. The van der Waals surface area contributed by atoms with Gasteiger partial charge in [-0.15, -0.1) is 0 Å². The summed E-state index contributed by atoms with van der Waals surface area (Å²) in [6.45, 7) is 5.27. The predicted octanol–water partition coefficient (Wildman–Crippen LogP) is 4.32. The molecule has 2 aromatic rings. The highest BCUT2D eigenvalue weighted by Gasteiger charge is 2.74. The zero-order chi connectivity index (χ0) is 17.8. The molecule has 0 N–H and O–H groups in total. The number of imidazole rings is 1. The van der Waals surface area contributed by atoms with Gasteiger partial charge in [0, 0.05) is 17.7 Å². The predicted molar refractivity (Wildman–Crippen MR) is 66.6 cm³/mol. The molecule has 0 bridgehead atoms. The van der Waals surface area contributed by atoms with Gasteiger partial charge in [-0.25, -0.2) is 14.4 Å². The van der Waals surface area contributed by atoms with E-state index < -0.39 is 29.1 Å². The van der Waals surface area contributed by atoms with E-state index in [1.54, 1.807) is 20.8 Å². The van der Waals surface area contributed by atoms with Crippen molar-refractivity contribution in [3.63, 3.8) is 0 Å². The number of rotatable bonds is 1. The summed E-state index contributed by atoms with van der Waals surface area (Å²) in [6, 6.07) is 0.357. The molecule has 0 aliphatic heterocycles. The van der Waals surface area contributed by atoms with E-state index in [9.17, 15) is 30.7 Å². The molecule has 3 nitrogen and oxygen atoms in total. The van der Waals surface area contributed by atoms with Gasteiger partial charge in [0.1, 0.15) is 17.7 Å². The number of fused-ring (bicyclic) bond motifs is 1. The number of aromatic nitrogens is 3. The molecule has 2 aromatic heterocycles. The van der Waals surface area contributed by atoms with Gasteiger partial charge in [0.2, 0.25) is 0 Å². The third-order valence-corrected chi connectivity index (χ3v) is 3.25. The Balaban J connectivity index is 2.67. The van der Waals surface area contributed by atoms with Crippen LogP contribution in [0.15, 0.2) is 18.6 Å². The molecule has 2 rings (SSSR count). The van der Waals surface area contributed by atoms with Crippen molar-refractivity contribution in [2.75, 3.05) is 0 Å². The summed E-state index contributed by atoms with van der Waals surface area (Å²) in [4.78, 5) is 6.96. The molecule has 0 saturated heterocycles. The second-order valence-electron chi connectivity index (χ2n) is 6.07. The molecule has 0 aliphatic rings. The van der Waals surface area contributed by atoms with Gasteiger partial charge in [-0.3, -0.25) is 4.40 Å². The molecule has 0 atom stereocenters. The normalized spacial score (nSPS) is 14.5. The van der Waals surface area contributed by atoms with Crippen molar-refractivity contribution < 1.29 is 30.7 Å². The van der Waals surface area contributed by atoms with Crippen molar-refractivity contribution in [3.05, 3.63) is 30.0 Å². The minimum atomic E-state index is -6.20. The SMILES string of the molecule is CC(C)(C)c1cn2cnc(C(F)(C(F)(F)F)C(F)(F)F)cc2n1. The molecule has 0 saturated carbocycles. The molecule has 0 aromatic carbocycles. The molecule has 0 spiro atoms. The van der Waals surface area contributed by atoms with Crippen LogP contribution in [0.5, 0.6) is 0 Å². The molecule has 2 heterocycles. The van der Waals surface area contributed by atoms with Crippen LogP contribution in [0.25, 0.3) is 5.65 Å². The van der Waals surface area contributed by atoms with Crippen LogP contribution in [-0.4, -0.2) is 26.7 Å². The van der Waals surface area contributed by atoms with Crippen LogP contribution in [-0.2, 0) is 11.1 Å². The van der Waals surface area contributed by atoms with Crippen LogP contribution >= 0.6 is 0 Å². The minimum absolute atomic E-state index is 0.254. The second kappa shape index (κ2) is 4.81. The molecule has 128 valence electrons. The summed E-state index contributed by atoms with van der Waals surface area (Å²) in [6.07, 6.45) is -10.3.